The second-order valence-corrected chi connectivity index (χ2v) is 2.58. The Labute approximate surface area is 60.8 Å². The molecule has 0 saturated carbocycles. The van der Waals surface area contributed by atoms with Gasteiger partial charge in [-0.15, -0.1) is 0 Å². The molecule has 0 spiro atoms. The van der Waals surface area contributed by atoms with Crippen LogP contribution in [-0.4, -0.2) is 9.78 Å². The van der Waals surface area contributed by atoms with E-state index in [2.05, 4.69) is 18.9 Å². The Morgan fingerprint density at radius 2 is 2.40 bits per heavy atom. The molecule has 1 aromatic heterocycles. The van der Waals surface area contributed by atoms with Gasteiger partial charge < -0.3 is 5.73 Å². The highest BCUT2D eigenvalue weighted by molar-refractivity contribution is 4.98. The van der Waals surface area contributed by atoms with Crippen molar-refractivity contribution < 1.29 is 0 Å². The second kappa shape index (κ2) is 2.84. The van der Waals surface area contributed by atoms with Gasteiger partial charge in [0.15, 0.2) is 0 Å². The Morgan fingerprint density at radius 3 is 2.70 bits per heavy atom. The average Bonchev–Trinajstić information content (AvgIpc) is 2.34. The summed E-state index contributed by atoms with van der Waals surface area (Å²) >= 11 is 0. The van der Waals surface area contributed by atoms with Gasteiger partial charge in [-0.2, -0.15) is 5.10 Å². The summed E-state index contributed by atoms with van der Waals surface area (Å²) in [6.45, 7) is 4.71. The van der Waals surface area contributed by atoms with Crippen molar-refractivity contribution in [3.8, 4) is 0 Å². The molecule has 1 aromatic rings. The summed E-state index contributed by atoms with van der Waals surface area (Å²) in [5.74, 6) is 0. The fourth-order valence-electron chi connectivity index (χ4n) is 0.774. The van der Waals surface area contributed by atoms with Gasteiger partial charge in [0, 0.05) is 18.8 Å². The molecule has 0 amide bonds. The third-order valence-electron chi connectivity index (χ3n) is 1.40. The maximum atomic E-state index is 5.39. The van der Waals surface area contributed by atoms with Crippen molar-refractivity contribution in [1.29, 1.82) is 0 Å². The minimum atomic E-state index is 0.431. The Kier molecular flexibility index (Phi) is 2.06. The van der Waals surface area contributed by atoms with Crippen LogP contribution in [0.25, 0.3) is 0 Å². The molecular weight excluding hydrogens is 126 g/mol. The Hall–Kier alpha value is -0.830. The van der Waals surface area contributed by atoms with Crippen molar-refractivity contribution in [2.45, 2.75) is 26.4 Å². The van der Waals surface area contributed by atoms with Crippen LogP contribution < -0.4 is 5.73 Å². The minimum absolute atomic E-state index is 0.431. The van der Waals surface area contributed by atoms with E-state index in [4.69, 9.17) is 5.73 Å². The third-order valence-corrected chi connectivity index (χ3v) is 1.40. The molecule has 0 saturated heterocycles. The van der Waals surface area contributed by atoms with E-state index < -0.39 is 0 Å². The van der Waals surface area contributed by atoms with E-state index in [0.29, 0.717) is 12.6 Å². The fourth-order valence-corrected chi connectivity index (χ4v) is 0.774. The van der Waals surface area contributed by atoms with Crippen molar-refractivity contribution in [1.82, 2.24) is 9.78 Å². The van der Waals surface area contributed by atoms with Crippen molar-refractivity contribution >= 4 is 0 Å². The van der Waals surface area contributed by atoms with Gasteiger partial charge in [0.25, 0.3) is 0 Å². The lowest BCUT2D eigenvalue weighted by Crippen LogP contribution is -2.03. The van der Waals surface area contributed by atoms with Crippen molar-refractivity contribution in [2.75, 3.05) is 0 Å². The summed E-state index contributed by atoms with van der Waals surface area (Å²) < 4.78 is 1.90. The number of hydrogen-bond acceptors (Lipinski definition) is 2. The standard InChI is InChI=1S/C7H13N3/c1-6(2)10-4-3-7(5-8)9-10/h3-4,6H,5,8H2,1-2H3. The largest absolute Gasteiger partial charge is 0.325 e. The van der Waals surface area contributed by atoms with Crippen LogP contribution in [0.5, 0.6) is 0 Å². The van der Waals surface area contributed by atoms with E-state index in [1.807, 2.05) is 16.9 Å². The SMILES string of the molecule is CC(C)n1ccc(CN)n1. The van der Waals surface area contributed by atoms with Crippen LogP contribution in [0.4, 0.5) is 0 Å². The molecular formula is C7H13N3. The maximum absolute atomic E-state index is 5.39. The van der Waals surface area contributed by atoms with Gasteiger partial charge >= 0.3 is 0 Å². The quantitative estimate of drug-likeness (QED) is 0.662. The minimum Gasteiger partial charge on any atom is -0.325 e. The molecule has 0 radical (unpaired) electrons. The molecule has 2 N–H and O–H groups in total. The number of nitrogens with zero attached hydrogens (tertiary/aromatic N) is 2. The van der Waals surface area contributed by atoms with Crippen molar-refractivity contribution in [3.05, 3.63) is 18.0 Å². The van der Waals surface area contributed by atoms with Gasteiger partial charge in [-0.1, -0.05) is 0 Å². The van der Waals surface area contributed by atoms with Crippen LogP contribution in [0.15, 0.2) is 12.3 Å². The lowest BCUT2D eigenvalue weighted by atomic mass is 10.4. The van der Waals surface area contributed by atoms with Crippen LogP contribution in [-0.2, 0) is 6.54 Å². The summed E-state index contributed by atoms with van der Waals surface area (Å²) in [7, 11) is 0. The first-order valence-electron chi connectivity index (χ1n) is 3.48. The molecule has 1 rings (SSSR count). The van der Waals surface area contributed by atoms with E-state index in [-0.39, 0.29) is 0 Å². The van der Waals surface area contributed by atoms with Crippen LogP contribution in [0, 0.1) is 0 Å². The zero-order chi connectivity index (χ0) is 7.56. The van der Waals surface area contributed by atoms with Crippen molar-refractivity contribution in [3.63, 3.8) is 0 Å². The van der Waals surface area contributed by atoms with Crippen molar-refractivity contribution in [2.24, 2.45) is 5.73 Å². The highest BCUT2D eigenvalue weighted by atomic mass is 15.3. The number of rotatable bonds is 2. The predicted molar refractivity (Wildman–Crippen MR) is 40.5 cm³/mol. The molecule has 0 aromatic carbocycles. The topological polar surface area (TPSA) is 43.8 Å². The molecule has 0 unspecified atom stereocenters. The molecule has 10 heavy (non-hydrogen) atoms. The van der Waals surface area contributed by atoms with Crippen LogP contribution >= 0.6 is 0 Å². The first kappa shape index (κ1) is 7.28. The molecule has 0 aliphatic rings. The van der Waals surface area contributed by atoms with Gasteiger partial charge in [0.05, 0.1) is 5.69 Å². The summed E-state index contributed by atoms with van der Waals surface area (Å²) in [6.07, 6.45) is 1.95. The number of aromatic nitrogens is 2. The van der Waals surface area contributed by atoms with Gasteiger partial charge in [0.2, 0.25) is 0 Å². The molecule has 0 atom stereocenters. The fraction of sp³-hybridized carbons (Fsp3) is 0.571. The average molecular weight is 139 g/mol. The lowest BCUT2D eigenvalue weighted by Gasteiger charge is -2.02. The van der Waals surface area contributed by atoms with E-state index in [9.17, 15) is 0 Å². The molecule has 0 bridgehead atoms. The molecule has 56 valence electrons. The van der Waals surface area contributed by atoms with Crippen LogP contribution in [0.3, 0.4) is 0 Å². The first-order chi connectivity index (χ1) is 4.74. The van der Waals surface area contributed by atoms with Crippen LogP contribution in [0.1, 0.15) is 25.6 Å². The van der Waals surface area contributed by atoms with Crippen LogP contribution in [0.2, 0.25) is 0 Å². The highest BCUT2D eigenvalue weighted by Crippen LogP contribution is 2.02. The molecule has 1 heterocycles. The van der Waals surface area contributed by atoms with Gasteiger partial charge in [-0.05, 0) is 19.9 Å². The molecule has 0 aliphatic carbocycles. The normalized spacial score (nSPS) is 10.8. The maximum Gasteiger partial charge on any atom is 0.0760 e. The molecule has 3 nitrogen and oxygen atoms in total. The van der Waals surface area contributed by atoms with E-state index >= 15 is 0 Å². The molecule has 0 fully saturated rings. The third kappa shape index (κ3) is 1.36. The Bertz CT molecular complexity index is 202. The van der Waals surface area contributed by atoms with Gasteiger partial charge in [-0.3, -0.25) is 4.68 Å². The van der Waals surface area contributed by atoms with E-state index in [0.717, 1.165) is 5.69 Å². The zero-order valence-electron chi connectivity index (χ0n) is 6.41. The van der Waals surface area contributed by atoms with E-state index in [1.165, 1.54) is 0 Å². The summed E-state index contributed by atoms with van der Waals surface area (Å²) in [5, 5.41) is 4.22. The zero-order valence-corrected chi connectivity index (χ0v) is 6.41. The predicted octanol–water partition coefficient (Wildman–Crippen LogP) is 0.923. The van der Waals surface area contributed by atoms with Gasteiger partial charge in [-0.25, -0.2) is 0 Å². The first-order valence-corrected chi connectivity index (χ1v) is 3.48. The van der Waals surface area contributed by atoms with Gasteiger partial charge in [0.1, 0.15) is 0 Å². The Balaban J connectivity index is 2.78. The number of hydrogen-bond donors (Lipinski definition) is 1. The number of nitrogens with two attached hydrogens (primary N) is 1. The summed E-state index contributed by atoms with van der Waals surface area (Å²) in [6, 6.07) is 2.38. The van der Waals surface area contributed by atoms with E-state index in [1.54, 1.807) is 0 Å². The Morgan fingerprint density at radius 1 is 1.70 bits per heavy atom. The summed E-state index contributed by atoms with van der Waals surface area (Å²) in [5.41, 5.74) is 6.34. The monoisotopic (exact) mass is 139 g/mol. The molecule has 3 heteroatoms. The summed E-state index contributed by atoms with van der Waals surface area (Å²) in [4.78, 5) is 0. The lowest BCUT2D eigenvalue weighted by molar-refractivity contribution is 0.526. The molecule has 0 aliphatic heterocycles. The smallest absolute Gasteiger partial charge is 0.0760 e. The highest BCUT2D eigenvalue weighted by Gasteiger charge is 1.98. The second-order valence-electron chi connectivity index (χ2n) is 2.58.